The first-order chi connectivity index (χ1) is 12.5. The van der Waals surface area contributed by atoms with Crippen molar-refractivity contribution < 1.29 is 14.3 Å². The average molecular weight is 377 g/mol. The lowest BCUT2D eigenvalue weighted by molar-refractivity contribution is -0.120. The van der Waals surface area contributed by atoms with Gasteiger partial charge in [-0.05, 0) is 41.7 Å². The highest BCUT2D eigenvalue weighted by Crippen LogP contribution is 2.28. The van der Waals surface area contributed by atoms with E-state index in [4.69, 9.17) is 21.1 Å². The van der Waals surface area contributed by atoms with E-state index in [2.05, 4.69) is 24.1 Å². The van der Waals surface area contributed by atoms with E-state index in [1.807, 2.05) is 18.2 Å². The zero-order valence-electron chi connectivity index (χ0n) is 15.4. The molecule has 0 unspecified atom stereocenters. The number of ether oxygens (including phenoxy) is 2. The second-order valence-electron chi connectivity index (χ2n) is 6.46. The molecule has 2 rings (SSSR count). The Balaban J connectivity index is 1.88. The molecule has 1 aromatic heterocycles. The highest BCUT2D eigenvalue weighted by atomic mass is 35.5. The van der Waals surface area contributed by atoms with Gasteiger partial charge in [-0.15, -0.1) is 0 Å². The first-order valence-corrected chi connectivity index (χ1v) is 9.02. The van der Waals surface area contributed by atoms with Gasteiger partial charge in [-0.25, -0.2) is 4.98 Å². The number of aromatic nitrogens is 1. The first kappa shape index (κ1) is 20.0. The van der Waals surface area contributed by atoms with Gasteiger partial charge in [-0.1, -0.05) is 37.6 Å². The molecule has 1 N–H and O–H groups in total. The second-order valence-corrected chi connectivity index (χ2v) is 6.85. The number of hydrogen-bond donors (Lipinski definition) is 1. The van der Waals surface area contributed by atoms with E-state index >= 15 is 0 Å². The molecule has 0 saturated carbocycles. The van der Waals surface area contributed by atoms with Crippen LogP contribution in [-0.4, -0.2) is 24.6 Å². The number of methoxy groups -OCH3 is 1. The zero-order valence-corrected chi connectivity index (χ0v) is 16.2. The van der Waals surface area contributed by atoms with Crippen LogP contribution in [0.5, 0.6) is 11.5 Å². The van der Waals surface area contributed by atoms with Crippen LogP contribution in [-0.2, 0) is 17.8 Å². The maximum absolute atomic E-state index is 12.1. The van der Waals surface area contributed by atoms with Gasteiger partial charge < -0.3 is 14.8 Å². The number of pyridine rings is 1. The van der Waals surface area contributed by atoms with E-state index in [1.165, 1.54) is 0 Å². The number of nitrogens with one attached hydrogen (secondary N) is 1. The summed E-state index contributed by atoms with van der Waals surface area (Å²) in [7, 11) is 1.61. The molecule has 0 spiro atoms. The fourth-order valence-corrected chi connectivity index (χ4v) is 2.42. The summed E-state index contributed by atoms with van der Waals surface area (Å²) in [5, 5.41) is 3.31. The summed E-state index contributed by atoms with van der Waals surface area (Å²) in [6, 6.07) is 9.16. The van der Waals surface area contributed by atoms with Crippen molar-refractivity contribution in [3.8, 4) is 11.5 Å². The molecule has 6 heteroatoms. The minimum absolute atomic E-state index is 0.0784. The van der Waals surface area contributed by atoms with Gasteiger partial charge in [-0.2, -0.15) is 0 Å². The summed E-state index contributed by atoms with van der Waals surface area (Å²) in [4.78, 5) is 16.0. The van der Waals surface area contributed by atoms with Crippen molar-refractivity contribution in [3.05, 3.63) is 52.8 Å². The number of halogens is 1. The molecule has 0 aliphatic heterocycles. The van der Waals surface area contributed by atoms with Crippen LogP contribution in [0.15, 0.2) is 36.5 Å². The summed E-state index contributed by atoms with van der Waals surface area (Å²) < 4.78 is 11.2. The van der Waals surface area contributed by atoms with E-state index in [0.29, 0.717) is 30.0 Å². The molecule has 0 aliphatic carbocycles. The summed E-state index contributed by atoms with van der Waals surface area (Å²) >= 11 is 5.74. The third kappa shape index (κ3) is 6.56. The quantitative estimate of drug-likeness (QED) is 0.671. The summed E-state index contributed by atoms with van der Waals surface area (Å²) in [6.45, 7) is 5.39. The second kappa shape index (κ2) is 10.0. The van der Waals surface area contributed by atoms with Crippen LogP contribution in [0.2, 0.25) is 5.15 Å². The van der Waals surface area contributed by atoms with E-state index in [0.717, 1.165) is 23.3 Å². The van der Waals surface area contributed by atoms with Crippen LogP contribution in [0.3, 0.4) is 0 Å². The predicted molar refractivity (Wildman–Crippen MR) is 103 cm³/mol. The van der Waals surface area contributed by atoms with E-state index in [1.54, 1.807) is 25.4 Å². The van der Waals surface area contributed by atoms with Gasteiger partial charge in [-0.3, -0.25) is 4.79 Å². The molecule has 2 aromatic rings. The molecule has 1 aromatic carbocycles. The van der Waals surface area contributed by atoms with Gasteiger partial charge in [0.15, 0.2) is 11.5 Å². The fourth-order valence-electron chi connectivity index (χ4n) is 2.31. The topological polar surface area (TPSA) is 60.5 Å². The Bertz CT molecular complexity index is 717. The van der Waals surface area contributed by atoms with Crippen LogP contribution < -0.4 is 14.8 Å². The number of amides is 1. The lowest BCUT2D eigenvalue weighted by atomic mass is 10.1. The van der Waals surface area contributed by atoms with Crippen LogP contribution in [0.4, 0.5) is 0 Å². The molecule has 1 amide bonds. The molecule has 0 aliphatic rings. The maximum atomic E-state index is 12.1. The van der Waals surface area contributed by atoms with Gasteiger partial charge in [0.2, 0.25) is 5.91 Å². The lowest BCUT2D eigenvalue weighted by Crippen LogP contribution is -2.24. The smallest absolute Gasteiger partial charge is 0.224 e. The molecule has 0 fully saturated rings. The van der Waals surface area contributed by atoms with Crippen molar-refractivity contribution in [1.29, 1.82) is 0 Å². The van der Waals surface area contributed by atoms with Gasteiger partial charge in [0.05, 0.1) is 20.1 Å². The molecular weight excluding hydrogens is 352 g/mol. The fraction of sp³-hybridized carbons (Fsp3) is 0.400. The van der Waals surface area contributed by atoms with Gasteiger partial charge in [0.1, 0.15) is 5.15 Å². The Hall–Kier alpha value is -2.27. The van der Waals surface area contributed by atoms with Crippen LogP contribution in [0.25, 0.3) is 0 Å². The summed E-state index contributed by atoms with van der Waals surface area (Å²) in [6.07, 6.45) is 2.85. The van der Waals surface area contributed by atoms with Crippen molar-refractivity contribution in [1.82, 2.24) is 10.3 Å². The molecule has 26 heavy (non-hydrogen) atoms. The highest BCUT2D eigenvalue weighted by molar-refractivity contribution is 6.29. The molecule has 0 saturated heterocycles. The normalized spacial score (nSPS) is 10.7. The van der Waals surface area contributed by atoms with Gasteiger partial charge >= 0.3 is 0 Å². The number of rotatable bonds is 9. The SMILES string of the molecule is COc1cc(CNC(=O)Cc2ccc(Cl)nc2)ccc1OCCC(C)C. The monoisotopic (exact) mass is 376 g/mol. The van der Waals surface area contributed by atoms with Crippen molar-refractivity contribution >= 4 is 17.5 Å². The average Bonchev–Trinajstić information content (AvgIpc) is 2.62. The van der Waals surface area contributed by atoms with E-state index < -0.39 is 0 Å². The van der Waals surface area contributed by atoms with Crippen LogP contribution >= 0.6 is 11.6 Å². The zero-order chi connectivity index (χ0) is 18.9. The first-order valence-electron chi connectivity index (χ1n) is 8.64. The predicted octanol–water partition coefficient (Wildman–Crippen LogP) is 4.03. The van der Waals surface area contributed by atoms with Crippen LogP contribution in [0, 0.1) is 5.92 Å². The third-order valence-corrected chi connectivity index (χ3v) is 4.05. The number of nitrogens with zero attached hydrogens (tertiary/aromatic N) is 1. The number of benzene rings is 1. The Morgan fingerprint density at radius 2 is 1.96 bits per heavy atom. The number of hydrogen-bond acceptors (Lipinski definition) is 4. The maximum Gasteiger partial charge on any atom is 0.224 e. The largest absolute Gasteiger partial charge is 0.493 e. The van der Waals surface area contributed by atoms with Crippen molar-refractivity contribution in [2.45, 2.75) is 33.2 Å². The Morgan fingerprint density at radius 3 is 2.62 bits per heavy atom. The van der Waals surface area contributed by atoms with E-state index in [-0.39, 0.29) is 12.3 Å². The van der Waals surface area contributed by atoms with Crippen molar-refractivity contribution in [2.24, 2.45) is 5.92 Å². The minimum atomic E-state index is -0.0784. The minimum Gasteiger partial charge on any atom is -0.493 e. The van der Waals surface area contributed by atoms with Crippen LogP contribution in [0.1, 0.15) is 31.4 Å². The molecular formula is C20H25ClN2O3. The third-order valence-electron chi connectivity index (χ3n) is 3.82. The number of carbonyl (C=O) groups excluding carboxylic acids is 1. The molecule has 5 nitrogen and oxygen atoms in total. The molecule has 1 heterocycles. The summed E-state index contributed by atoms with van der Waals surface area (Å²) in [5.74, 6) is 1.90. The molecule has 140 valence electrons. The molecule has 0 radical (unpaired) electrons. The standard InChI is InChI=1S/C20H25ClN2O3/c1-14(2)8-9-26-17-6-4-15(10-18(17)25-3)13-23-20(24)11-16-5-7-19(21)22-12-16/h4-7,10,12,14H,8-9,11,13H2,1-3H3,(H,23,24). The Morgan fingerprint density at radius 1 is 1.19 bits per heavy atom. The summed E-state index contributed by atoms with van der Waals surface area (Å²) in [5.41, 5.74) is 1.76. The lowest BCUT2D eigenvalue weighted by Gasteiger charge is -2.13. The van der Waals surface area contributed by atoms with Gasteiger partial charge in [0.25, 0.3) is 0 Å². The highest BCUT2D eigenvalue weighted by Gasteiger charge is 2.08. The number of carbonyl (C=O) groups is 1. The molecule has 0 atom stereocenters. The Kier molecular flexibility index (Phi) is 7.73. The molecule has 0 bridgehead atoms. The Labute approximate surface area is 159 Å². The van der Waals surface area contributed by atoms with Gasteiger partial charge in [0, 0.05) is 12.7 Å². The van der Waals surface area contributed by atoms with Crippen molar-refractivity contribution in [2.75, 3.05) is 13.7 Å². The van der Waals surface area contributed by atoms with Crippen molar-refractivity contribution in [3.63, 3.8) is 0 Å². The van der Waals surface area contributed by atoms with E-state index in [9.17, 15) is 4.79 Å².